The molecule has 6 nitrogen and oxygen atoms in total. The van der Waals surface area contributed by atoms with Crippen LogP contribution in [-0.2, 0) is 16.1 Å². The molecule has 27 heavy (non-hydrogen) atoms. The van der Waals surface area contributed by atoms with Crippen molar-refractivity contribution in [1.29, 1.82) is 5.41 Å². The van der Waals surface area contributed by atoms with Crippen LogP contribution in [-0.4, -0.2) is 29.9 Å². The number of esters is 1. The van der Waals surface area contributed by atoms with E-state index in [2.05, 4.69) is 34.1 Å². The topological polar surface area (TPSA) is 92.3 Å². The summed E-state index contributed by atoms with van der Waals surface area (Å²) in [5.41, 5.74) is 8.67. The van der Waals surface area contributed by atoms with Crippen molar-refractivity contribution in [3.05, 3.63) is 59.9 Å². The zero-order valence-electron chi connectivity index (χ0n) is 14.7. The molecule has 1 aliphatic heterocycles. The molecule has 3 N–H and O–H groups in total. The second kappa shape index (κ2) is 9.71. The van der Waals surface area contributed by atoms with Gasteiger partial charge in [0.25, 0.3) is 0 Å². The van der Waals surface area contributed by atoms with Crippen molar-refractivity contribution in [2.45, 2.75) is 39.2 Å². The molecular weight excluding hydrogens is 340 g/mol. The molecule has 3 rings (SSSR count). The Kier molecular flexibility index (Phi) is 7.34. The molecule has 6 heteroatoms. The summed E-state index contributed by atoms with van der Waals surface area (Å²) in [6.07, 6.45) is 5.78. The normalized spacial score (nSPS) is 14.3. The summed E-state index contributed by atoms with van der Waals surface area (Å²) in [5.74, 6) is -0.0631. The first-order valence-corrected chi connectivity index (χ1v) is 8.84. The highest BCUT2D eigenvalue weighted by molar-refractivity contribution is 5.94. The SMILES string of the molecule is C.N=C(N)CC(=O)OCc1cccc(N2CCC(c3ccncc3)CC2)c1. The third-order valence-corrected chi connectivity index (χ3v) is 4.68. The van der Waals surface area contributed by atoms with Crippen LogP contribution in [0.25, 0.3) is 0 Å². The molecule has 0 spiro atoms. The molecule has 0 radical (unpaired) electrons. The van der Waals surface area contributed by atoms with Crippen LogP contribution in [0.2, 0.25) is 0 Å². The van der Waals surface area contributed by atoms with Gasteiger partial charge in [0.2, 0.25) is 0 Å². The molecule has 2 heterocycles. The minimum absolute atomic E-state index is 0. The number of nitrogens with two attached hydrogens (primary N) is 1. The first kappa shape index (κ1) is 20.4. The Bertz CT molecular complexity index is 756. The predicted octanol–water partition coefficient (Wildman–Crippen LogP) is 3.47. The molecule has 2 aromatic rings. The van der Waals surface area contributed by atoms with Gasteiger partial charge in [0.1, 0.15) is 18.9 Å². The van der Waals surface area contributed by atoms with Crippen LogP contribution in [0.15, 0.2) is 48.8 Å². The highest BCUT2D eigenvalue weighted by atomic mass is 16.5. The molecule has 0 amide bonds. The van der Waals surface area contributed by atoms with E-state index in [1.807, 2.05) is 24.5 Å². The molecule has 1 aromatic heterocycles. The highest BCUT2D eigenvalue weighted by Gasteiger charge is 2.21. The minimum Gasteiger partial charge on any atom is -0.460 e. The lowest BCUT2D eigenvalue weighted by molar-refractivity contribution is -0.143. The fraction of sp³-hybridized carbons (Fsp3) is 0.381. The standard InChI is InChI=1S/C20H24N4O2.CH4/c21-19(22)13-20(25)26-14-15-2-1-3-18(12-15)24-10-6-17(7-11-24)16-4-8-23-9-5-16;/h1-5,8-9,12,17H,6-7,10-11,13-14H2,(H3,21,22);1H4. The third kappa shape index (κ3) is 5.81. The number of nitrogens with one attached hydrogen (secondary N) is 1. The largest absolute Gasteiger partial charge is 0.460 e. The van der Waals surface area contributed by atoms with E-state index in [0.29, 0.717) is 5.92 Å². The number of pyridine rings is 1. The summed E-state index contributed by atoms with van der Waals surface area (Å²) in [7, 11) is 0. The van der Waals surface area contributed by atoms with Gasteiger partial charge in [-0.05, 0) is 54.2 Å². The van der Waals surface area contributed by atoms with E-state index in [-0.39, 0.29) is 26.3 Å². The van der Waals surface area contributed by atoms with Crippen LogP contribution in [0.1, 0.15) is 43.7 Å². The third-order valence-electron chi connectivity index (χ3n) is 4.68. The van der Waals surface area contributed by atoms with Crippen molar-refractivity contribution in [3.8, 4) is 0 Å². The number of piperidine rings is 1. The number of carbonyl (C=O) groups excluding carboxylic acids is 1. The number of hydrogen-bond acceptors (Lipinski definition) is 5. The molecule has 0 unspecified atom stereocenters. The Morgan fingerprint density at radius 2 is 1.93 bits per heavy atom. The number of benzene rings is 1. The Labute approximate surface area is 160 Å². The molecule has 1 aliphatic rings. The van der Waals surface area contributed by atoms with E-state index < -0.39 is 5.97 Å². The molecule has 1 aromatic carbocycles. The van der Waals surface area contributed by atoms with Crippen LogP contribution in [0.4, 0.5) is 5.69 Å². The maximum atomic E-state index is 11.5. The van der Waals surface area contributed by atoms with E-state index in [1.165, 1.54) is 5.56 Å². The van der Waals surface area contributed by atoms with E-state index in [1.54, 1.807) is 0 Å². The maximum Gasteiger partial charge on any atom is 0.313 e. The molecule has 0 atom stereocenters. The zero-order chi connectivity index (χ0) is 18.4. The number of rotatable bonds is 6. The second-order valence-electron chi connectivity index (χ2n) is 6.57. The molecule has 1 saturated heterocycles. The van der Waals surface area contributed by atoms with Gasteiger partial charge in [0.15, 0.2) is 0 Å². The Hall–Kier alpha value is -2.89. The smallest absolute Gasteiger partial charge is 0.313 e. The van der Waals surface area contributed by atoms with E-state index in [0.717, 1.165) is 37.2 Å². The lowest BCUT2D eigenvalue weighted by Crippen LogP contribution is -2.32. The van der Waals surface area contributed by atoms with Gasteiger partial charge >= 0.3 is 5.97 Å². The number of nitrogens with zero attached hydrogens (tertiary/aromatic N) is 2. The fourth-order valence-corrected chi connectivity index (χ4v) is 3.32. The average molecular weight is 368 g/mol. The lowest BCUT2D eigenvalue weighted by atomic mass is 9.90. The summed E-state index contributed by atoms with van der Waals surface area (Å²) in [6, 6.07) is 12.3. The van der Waals surface area contributed by atoms with Gasteiger partial charge in [-0.15, -0.1) is 0 Å². The monoisotopic (exact) mass is 368 g/mol. The molecule has 0 aliphatic carbocycles. The van der Waals surface area contributed by atoms with Crippen LogP contribution in [0.5, 0.6) is 0 Å². The summed E-state index contributed by atoms with van der Waals surface area (Å²) in [4.78, 5) is 18.0. The second-order valence-corrected chi connectivity index (χ2v) is 6.57. The van der Waals surface area contributed by atoms with Crippen LogP contribution in [0.3, 0.4) is 0 Å². The van der Waals surface area contributed by atoms with Gasteiger partial charge in [-0.25, -0.2) is 0 Å². The number of amidine groups is 1. The number of aromatic nitrogens is 1. The Morgan fingerprint density at radius 1 is 1.22 bits per heavy atom. The summed E-state index contributed by atoms with van der Waals surface area (Å²) in [5, 5.41) is 7.12. The summed E-state index contributed by atoms with van der Waals surface area (Å²) in [6.45, 7) is 2.20. The Morgan fingerprint density at radius 3 is 2.59 bits per heavy atom. The van der Waals surface area contributed by atoms with Crippen molar-refractivity contribution in [2.75, 3.05) is 18.0 Å². The zero-order valence-corrected chi connectivity index (χ0v) is 14.7. The van der Waals surface area contributed by atoms with E-state index in [4.69, 9.17) is 15.9 Å². The van der Waals surface area contributed by atoms with Crippen LogP contribution < -0.4 is 10.6 Å². The Balaban J connectivity index is 0.00000261. The highest BCUT2D eigenvalue weighted by Crippen LogP contribution is 2.30. The predicted molar refractivity (Wildman–Crippen MR) is 108 cm³/mol. The van der Waals surface area contributed by atoms with Crippen LogP contribution >= 0.6 is 0 Å². The van der Waals surface area contributed by atoms with Crippen molar-refractivity contribution in [3.63, 3.8) is 0 Å². The van der Waals surface area contributed by atoms with Crippen LogP contribution in [0, 0.1) is 5.41 Å². The quantitative estimate of drug-likeness (QED) is 0.463. The van der Waals surface area contributed by atoms with Gasteiger partial charge in [-0.3, -0.25) is 15.2 Å². The first-order chi connectivity index (χ1) is 12.6. The van der Waals surface area contributed by atoms with Crippen molar-refractivity contribution >= 4 is 17.5 Å². The molecule has 1 fully saturated rings. The summed E-state index contributed by atoms with van der Waals surface area (Å²) >= 11 is 0. The number of hydrogen-bond donors (Lipinski definition) is 2. The van der Waals surface area contributed by atoms with Crippen molar-refractivity contribution in [2.24, 2.45) is 5.73 Å². The lowest BCUT2D eigenvalue weighted by Gasteiger charge is -2.34. The number of ether oxygens (including phenoxy) is 1. The van der Waals surface area contributed by atoms with Crippen molar-refractivity contribution in [1.82, 2.24) is 4.98 Å². The van der Waals surface area contributed by atoms with Crippen molar-refractivity contribution < 1.29 is 9.53 Å². The fourth-order valence-electron chi connectivity index (χ4n) is 3.32. The number of anilines is 1. The van der Waals surface area contributed by atoms with Gasteiger partial charge in [0, 0.05) is 31.2 Å². The van der Waals surface area contributed by atoms with Gasteiger partial charge in [-0.2, -0.15) is 0 Å². The van der Waals surface area contributed by atoms with Gasteiger partial charge in [0.05, 0.1) is 0 Å². The molecule has 0 saturated carbocycles. The number of carbonyl (C=O) groups is 1. The summed E-state index contributed by atoms with van der Waals surface area (Å²) < 4.78 is 5.17. The molecule has 144 valence electrons. The van der Waals surface area contributed by atoms with Gasteiger partial charge in [-0.1, -0.05) is 19.6 Å². The molecular formula is C21H28N4O2. The minimum atomic E-state index is -0.471. The maximum absolute atomic E-state index is 11.5. The van der Waals surface area contributed by atoms with E-state index in [9.17, 15) is 4.79 Å². The molecule has 0 bridgehead atoms. The van der Waals surface area contributed by atoms with E-state index >= 15 is 0 Å². The first-order valence-electron chi connectivity index (χ1n) is 8.84. The average Bonchev–Trinajstić information content (AvgIpc) is 2.67. The van der Waals surface area contributed by atoms with Gasteiger partial charge < -0.3 is 15.4 Å².